The van der Waals surface area contributed by atoms with E-state index in [2.05, 4.69) is 6.58 Å². The van der Waals surface area contributed by atoms with Gasteiger partial charge >= 0.3 is 18.4 Å². The average molecular weight is 761 g/mol. The molecule has 0 aromatic heterocycles. The van der Waals surface area contributed by atoms with Crippen LogP contribution in [-0.2, 0) is 17.1 Å². The van der Waals surface area contributed by atoms with Crippen LogP contribution < -0.4 is 10.5 Å². The number of aliphatic hydroxyl groups is 1. The molecule has 1 atom stereocenters. The van der Waals surface area contributed by atoms with Gasteiger partial charge in [-0.1, -0.05) is 31.7 Å². The van der Waals surface area contributed by atoms with Crippen molar-refractivity contribution in [2.75, 3.05) is 26.7 Å². The van der Waals surface area contributed by atoms with Crippen LogP contribution in [0.1, 0.15) is 72.1 Å². The zero-order chi connectivity index (χ0) is 39.3. The minimum absolute atomic E-state index is 0.00668. The molecule has 1 aliphatic carbocycles. The lowest BCUT2D eigenvalue weighted by atomic mass is 9.70. The maximum absolute atomic E-state index is 13.9. The number of nitrogens with zero attached hydrogens (tertiary/aromatic N) is 3. The molecule has 1 amide bonds. The number of hydrogen-bond acceptors (Lipinski definition) is 5. The molecule has 288 valence electrons. The Morgan fingerprint density at radius 1 is 1.04 bits per heavy atom. The number of cyclic esters (lactones) is 1. The lowest BCUT2D eigenvalue weighted by Crippen LogP contribution is -2.55. The molecule has 54 heavy (non-hydrogen) atoms. The smallest absolute Gasteiger partial charge is 0.416 e. The number of ether oxygens (including phenoxy) is 2. The first-order valence-corrected chi connectivity index (χ1v) is 17.3. The number of methoxy groups -OCH3 is 1. The van der Waals surface area contributed by atoms with Crippen LogP contribution in [0.3, 0.4) is 0 Å². The van der Waals surface area contributed by atoms with Gasteiger partial charge in [0.25, 0.3) is 0 Å². The van der Waals surface area contributed by atoms with Gasteiger partial charge in [-0.3, -0.25) is 4.90 Å². The number of carbonyl (C=O) groups is 1. The molecule has 3 N–H and O–H groups in total. The molecule has 6 rings (SSSR count). The van der Waals surface area contributed by atoms with Gasteiger partial charge in [0.15, 0.2) is 12.1 Å². The van der Waals surface area contributed by atoms with Crippen molar-refractivity contribution in [3.63, 3.8) is 0 Å². The first-order chi connectivity index (χ1) is 25.4. The molecule has 0 unspecified atom stereocenters. The maximum Gasteiger partial charge on any atom is 0.416 e. The molecule has 0 bridgehead atoms. The van der Waals surface area contributed by atoms with E-state index in [0.29, 0.717) is 47.4 Å². The first-order valence-electron chi connectivity index (χ1n) is 17.3. The number of guanidine groups is 1. The number of allylic oxidation sites excluding steroid dienone is 1. The van der Waals surface area contributed by atoms with Crippen LogP contribution in [0.15, 0.2) is 71.9 Å². The van der Waals surface area contributed by atoms with E-state index in [-0.39, 0.29) is 56.0 Å². The van der Waals surface area contributed by atoms with Crippen LogP contribution in [0.2, 0.25) is 0 Å². The molecule has 2 heterocycles. The Balaban J connectivity index is 1.48. The quantitative estimate of drug-likeness (QED) is 0.0976. The van der Waals surface area contributed by atoms with E-state index in [9.17, 15) is 40.6 Å². The van der Waals surface area contributed by atoms with Crippen molar-refractivity contribution in [3.05, 3.63) is 100 Å². The molecule has 15 heteroatoms. The lowest BCUT2D eigenvalue weighted by Gasteiger charge is -2.46. The third kappa shape index (κ3) is 7.19. The van der Waals surface area contributed by atoms with E-state index in [0.717, 1.165) is 16.7 Å². The highest BCUT2D eigenvalue weighted by Gasteiger charge is 2.59. The maximum atomic E-state index is 13.9. The fourth-order valence-corrected chi connectivity index (χ4v) is 7.40. The van der Waals surface area contributed by atoms with Gasteiger partial charge in [-0.05, 0) is 96.8 Å². The van der Waals surface area contributed by atoms with Gasteiger partial charge in [-0.25, -0.2) is 14.2 Å². The van der Waals surface area contributed by atoms with E-state index >= 15 is 0 Å². The molecular formula is C39H39F7N4O4. The number of aliphatic imine (C=N–C) groups is 1. The Labute approximate surface area is 307 Å². The summed E-state index contributed by atoms with van der Waals surface area (Å²) >= 11 is 0. The fourth-order valence-electron chi connectivity index (χ4n) is 7.40. The van der Waals surface area contributed by atoms with Gasteiger partial charge in [0, 0.05) is 11.1 Å². The van der Waals surface area contributed by atoms with Crippen LogP contribution in [-0.4, -0.2) is 65.4 Å². The number of halogens is 7. The summed E-state index contributed by atoms with van der Waals surface area (Å²) < 4.78 is 109. The molecule has 1 saturated carbocycles. The molecule has 0 radical (unpaired) electrons. The Morgan fingerprint density at radius 2 is 1.69 bits per heavy atom. The summed E-state index contributed by atoms with van der Waals surface area (Å²) in [5.74, 6) is 0.324. The summed E-state index contributed by atoms with van der Waals surface area (Å²) in [6.07, 6.45) is -12.4. The van der Waals surface area contributed by atoms with Gasteiger partial charge < -0.3 is 25.2 Å². The number of hydrogen-bond donors (Lipinski definition) is 2. The predicted molar refractivity (Wildman–Crippen MR) is 189 cm³/mol. The highest BCUT2D eigenvalue weighted by molar-refractivity contribution is 5.85. The normalized spacial score (nSPS) is 19.3. The topological polar surface area (TPSA) is 101 Å². The number of alkyl halides is 7. The second kappa shape index (κ2) is 14.2. The molecule has 2 aliphatic heterocycles. The van der Waals surface area contributed by atoms with Gasteiger partial charge in [-0.2, -0.15) is 26.3 Å². The van der Waals surface area contributed by atoms with Crippen molar-refractivity contribution in [1.29, 1.82) is 0 Å². The number of rotatable bonds is 9. The number of carbonyl (C=O) groups excluding carboxylic acids is 1. The molecular weight excluding hydrogens is 721 g/mol. The van der Waals surface area contributed by atoms with Crippen LogP contribution in [0.25, 0.3) is 22.5 Å². The standard InChI is InChI=1S/C39H39F7N4O4/c1-5-29(31-16-24(8-10-33(31)53-4)30-9-7-23(22(3)51)13-21(30)2)32(48-35(47)49-18-28(40)19-49)20-50-36(52)54-34(37(50)11-6-12-37)25-14-26(38(41,42)43)17-27(15-25)39(44,45)46/h7-10,13-17,28,34,51H,3,5-6,11-12,18-20H2,1-2,4H3,(H2,47,48)/b32-29+/t34-/m1/s1. The summed E-state index contributed by atoms with van der Waals surface area (Å²) in [6.45, 7) is 7.01. The Hall–Kier alpha value is -5.21. The molecule has 3 aromatic rings. The summed E-state index contributed by atoms with van der Waals surface area (Å²) in [6, 6.07) is 12.0. The summed E-state index contributed by atoms with van der Waals surface area (Å²) in [7, 11) is 1.48. The third-order valence-electron chi connectivity index (χ3n) is 10.4. The van der Waals surface area contributed by atoms with Crippen molar-refractivity contribution in [2.45, 2.75) is 69.7 Å². The molecule has 3 aliphatic rings. The van der Waals surface area contributed by atoms with Crippen LogP contribution in [0.5, 0.6) is 5.75 Å². The van der Waals surface area contributed by atoms with Crippen LogP contribution >= 0.6 is 0 Å². The highest BCUT2D eigenvalue weighted by Crippen LogP contribution is 2.54. The molecule has 1 spiro atoms. The lowest BCUT2D eigenvalue weighted by molar-refractivity contribution is -0.143. The van der Waals surface area contributed by atoms with E-state index in [4.69, 9.17) is 20.2 Å². The van der Waals surface area contributed by atoms with Gasteiger partial charge in [-0.15, -0.1) is 0 Å². The van der Waals surface area contributed by atoms with E-state index in [1.165, 1.54) is 16.9 Å². The highest BCUT2D eigenvalue weighted by atomic mass is 19.4. The van der Waals surface area contributed by atoms with Crippen LogP contribution in [0, 0.1) is 6.92 Å². The van der Waals surface area contributed by atoms with Crippen molar-refractivity contribution in [3.8, 4) is 16.9 Å². The third-order valence-corrected chi connectivity index (χ3v) is 10.4. The first kappa shape index (κ1) is 38.5. The number of nitrogens with two attached hydrogens (primary N) is 1. The van der Waals surface area contributed by atoms with Gasteiger partial charge in [0.1, 0.15) is 17.7 Å². The number of benzene rings is 3. The molecule has 3 fully saturated rings. The second-order valence-corrected chi connectivity index (χ2v) is 13.8. The van der Waals surface area contributed by atoms with Crippen molar-refractivity contribution in [2.24, 2.45) is 10.7 Å². The van der Waals surface area contributed by atoms with Crippen molar-refractivity contribution in [1.82, 2.24) is 9.80 Å². The zero-order valence-electron chi connectivity index (χ0n) is 29.7. The predicted octanol–water partition coefficient (Wildman–Crippen LogP) is 9.44. The summed E-state index contributed by atoms with van der Waals surface area (Å²) in [5, 5.41) is 9.91. The van der Waals surface area contributed by atoms with E-state index in [1.54, 1.807) is 18.2 Å². The van der Waals surface area contributed by atoms with Gasteiger partial charge in [0.2, 0.25) is 0 Å². The SMILES string of the molecule is C=C(O)c1ccc(-c2ccc(OC)c(/C(CC)=C(\CN3C(=O)O[C@H](c4cc(C(F)(F)F)cc(C(F)(F)F)c4)C34CCC4)N=C(N)N3CC(F)C3)c2)c(C)c1. The largest absolute Gasteiger partial charge is 0.508 e. The monoisotopic (exact) mass is 760 g/mol. The van der Waals surface area contributed by atoms with E-state index < -0.39 is 53.0 Å². The Kier molecular flexibility index (Phi) is 10.1. The number of likely N-dealkylation sites (tertiary alicyclic amines) is 1. The molecule has 2 saturated heterocycles. The Morgan fingerprint density at radius 3 is 2.19 bits per heavy atom. The van der Waals surface area contributed by atoms with Gasteiger partial charge in [0.05, 0.1) is 49.1 Å². The summed E-state index contributed by atoms with van der Waals surface area (Å²) in [5.41, 5.74) is 6.02. The fraction of sp³-hybridized carbons (Fsp3) is 0.385. The summed E-state index contributed by atoms with van der Waals surface area (Å²) in [4.78, 5) is 21.3. The Bertz CT molecular complexity index is 2000. The second-order valence-electron chi connectivity index (χ2n) is 13.8. The minimum Gasteiger partial charge on any atom is -0.508 e. The van der Waals surface area contributed by atoms with Crippen molar-refractivity contribution >= 4 is 23.4 Å². The van der Waals surface area contributed by atoms with Crippen molar-refractivity contribution < 1.29 is 50.1 Å². The number of aryl methyl sites for hydroxylation is 1. The molecule has 3 aromatic carbocycles. The zero-order valence-corrected chi connectivity index (χ0v) is 29.7. The number of amides is 1. The minimum atomic E-state index is -5.10. The number of aliphatic hydroxyl groups excluding tert-OH is 1. The molecule has 8 nitrogen and oxygen atoms in total. The van der Waals surface area contributed by atoms with Crippen LogP contribution in [0.4, 0.5) is 35.5 Å². The van der Waals surface area contributed by atoms with E-state index in [1.807, 2.05) is 32.0 Å². The average Bonchev–Trinajstić information content (AvgIpc) is 3.38.